The number of hydrogen-bond acceptors (Lipinski definition) is 3. The summed E-state index contributed by atoms with van der Waals surface area (Å²) >= 11 is 0. The van der Waals surface area contributed by atoms with Gasteiger partial charge in [0.2, 0.25) is 10.0 Å². The lowest BCUT2D eigenvalue weighted by Crippen LogP contribution is -2.37. The molecular weight excluding hydrogens is 238 g/mol. The SMILES string of the molecule is CCC(NS(=O)(=O)c1c[nH]c(CN)c1)C(C)C. The number of hydrogen-bond donors (Lipinski definition) is 3. The molecule has 1 aromatic heterocycles. The van der Waals surface area contributed by atoms with Gasteiger partial charge >= 0.3 is 0 Å². The highest BCUT2D eigenvalue weighted by molar-refractivity contribution is 7.89. The van der Waals surface area contributed by atoms with Crippen LogP contribution in [0.3, 0.4) is 0 Å². The molecule has 1 heterocycles. The van der Waals surface area contributed by atoms with E-state index in [4.69, 9.17) is 5.73 Å². The van der Waals surface area contributed by atoms with Gasteiger partial charge in [0.15, 0.2) is 0 Å². The summed E-state index contributed by atoms with van der Waals surface area (Å²) in [7, 11) is -3.44. The van der Waals surface area contributed by atoms with Gasteiger partial charge in [-0.25, -0.2) is 13.1 Å². The number of nitrogens with one attached hydrogen (secondary N) is 2. The van der Waals surface area contributed by atoms with Gasteiger partial charge in [-0.15, -0.1) is 0 Å². The van der Waals surface area contributed by atoms with Crippen molar-refractivity contribution in [1.82, 2.24) is 9.71 Å². The monoisotopic (exact) mass is 259 g/mol. The Labute approximate surface area is 103 Å². The van der Waals surface area contributed by atoms with Crippen molar-refractivity contribution >= 4 is 10.0 Å². The lowest BCUT2D eigenvalue weighted by Gasteiger charge is -2.20. The van der Waals surface area contributed by atoms with Crippen LogP contribution in [0.2, 0.25) is 0 Å². The minimum absolute atomic E-state index is 0.0452. The smallest absolute Gasteiger partial charge is 0.242 e. The van der Waals surface area contributed by atoms with Crippen molar-refractivity contribution in [2.45, 2.75) is 44.7 Å². The van der Waals surface area contributed by atoms with E-state index in [-0.39, 0.29) is 16.9 Å². The van der Waals surface area contributed by atoms with E-state index >= 15 is 0 Å². The van der Waals surface area contributed by atoms with Gasteiger partial charge in [-0.1, -0.05) is 20.8 Å². The van der Waals surface area contributed by atoms with Crippen LogP contribution >= 0.6 is 0 Å². The number of H-pyrrole nitrogens is 1. The first-order valence-electron chi connectivity index (χ1n) is 5.80. The van der Waals surface area contributed by atoms with Gasteiger partial charge in [0.25, 0.3) is 0 Å². The van der Waals surface area contributed by atoms with Crippen LogP contribution < -0.4 is 10.5 Å². The minimum atomic E-state index is -3.44. The maximum Gasteiger partial charge on any atom is 0.242 e. The van der Waals surface area contributed by atoms with Crippen LogP contribution in [0.25, 0.3) is 0 Å². The van der Waals surface area contributed by atoms with Crippen molar-refractivity contribution in [3.05, 3.63) is 18.0 Å². The average molecular weight is 259 g/mol. The van der Waals surface area contributed by atoms with Crippen LogP contribution in [-0.2, 0) is 16.6 Å². The number of nitrogens with two attached hydrogens (primary N) is 1. The van der Waals surface area contributed by atoms with E-state index in [1.54, 1.807) is 6.07 Å². The van der Waals surface area contributed by atoms with E-state index in [9.17, 15) is 8.42 Å². The number of sulfonamides is 1. The Morgan fingerprint density at radius 2 is 2.12 bits per heavy atom. The Morgan fingerprint density at radius 3 is 2.53 bits per heavy atom. The third-order valence-electron chi connectivity index (χ3n) is 2.80. The van der Waals surface area contributed by atoms with Crippen molar-refractivity contribution in [2.75, 3.05) is 0 Å². The summed E-state index contributed by atoms with van der Waals surface area (Å²) in [6.07, 6.45) is 2.24. The number of aromatic amines is 1. The van der Waals surface area contributed by atoms with Gasteiger partial charge in [0, 0.05) is 24.5 Å². The van der Waals surface area contributed by atoms with Crippen LogP contribution in [0, 0.1) is 5.92 Å². The molecule has 1 rings (SSSR count). The topological polar surface area (TPSA) is 88.0 Å². The first-order valence-corrected chi connectivity index (χ1v) is 7.28. The predicted molar refractivity (Wildman–Crippen MR) is 67.9 cm³/mol. The third-order valence-corrected chi connectivity index (χ3v) is 4.27. The van der Waals surface area contributed by atoms with E-state index in [2.05, 4.69) is 9.71 Å². The fraction of sp³-hybridized carbons (Fsp3) is 0.636. The second-order valence-electron chi connectivity index (χ2n) is 4.44. The molecule has 0 fully saturated rings. The first-order chi connectivity index (χ1) is 7.90. The molecule has 0 saturated heterocycles. The summed E-state index contributed by atoms with van der Waals surface area (Å²) < 4.78 is 26.8. The molecule has 98 valence electrons. The molecule has 0 amide bonds. The predicted octanol–water partition coefficient (Wildman–Crippen LogP) is 1.19. The summed E-state index contributed by atoms with van der Waals surface area (Å²) in [6.45, 7) is 6.27. The van der Waals surface area contributed by atoms with Crippen molar-refractivity contribution in [1.29, 1.82) is 0 Å². The zero-order valence-electron chi connectivity index (χ0n) is 10.5. The first kappa shape index (κ1) is 14.2. The maximum atomic E-state index is 12.1. The van der Waals surface area contributed by atoms with Crippen LogP contribution in [-0.4, -0.2) is 19.4 Å². The Balaban J connectivity index is 2.88. The lowest BCUT2D eigenvalue weighted by molar-refractivity contribution is 0.437. The number of rotatable bonds is 6. The Kier molecular flexibility index (Phi) is 4.73. The molecule has 5 nitrogen and oxygen atoms in total. The van der Waals surface area contributed by atoms with Gasteiger partial charge in [-0.05, 0) is 18.4 Å². The molecule has 0 spiro atoms. The summed E-state index contributed by atoms with van der Waals surface area (Å²) in [5.74, 6) is 0.266. The van der Waals surface area contributed by atoms with Crippen molar-refractivity contribution < 1.29 is 8.42 Å². The van der Waals surface area contributed by atoms with Gasteiger partial charge < -0.3 is 10.7 Å². The van der Waals surface area contributed by atoms with E-state index < -0.39 is 10.0 Å². The van der Waals surface area contributed by atoms with E-state index in [0.29, 0.717) is 12.2 Å². The molecule has 4 N–H and O–H groups in total. The number of aromatic nitrogens is 1. The maximum absolute atomic E-state index is 12.1. The largest absolute Gasteiger partial charge is 0.363 e. The quantitative estimate of drug-likeness (QED) is 0.717. The summed E-state index contributed by atoms with van der Waals surface area (Å²) in [6, 6.07) is 1.52. The fourth-order valence-corrected chi connectivity index (χ4v) is 3.13. The molecule has 0 saturated carbocycles. The van der Waals surface area contributed by atoms with Crippen molar-refractivity contribution in [3.63, 3.8) is 0 Å². The zero-order valence-corrected chi connectivity index (χ0v) is 11.3. The van der Waals surface area contributed by atoms with Crippen molar-refractivity contribution in [2.24, 2.45) is 11.7 Å². The molecule has 0 aliphatic rings. The van der Waals surface area contributed by atoms with Gasteiger partial charge in [0.05, 0.1) is 4.90 Å². The van der Waals surface area contributed by atoms with Gasteiger partial charge in [-0.2, -0.15) is 0 Å². The van der Waals surface area contributed by atoms with E-state index in [1.165, 1.54) is 6.20 Å². The van der Waals surface area contributed by atoms with Crippen LogP contribution in [0.4, 0.5) is 0 Å². The molecule has 0 aliphatic heterocycles. The molecule has 1 unspecified atom stereocenters. The Morgan fingerprint density at radius 1 is 1.47 bits per heavy atom. The van der Waals surface area contributed by atoms with Crippen molar-refractivity contribution in [3.8, 4) is 0 Å². The second-order valence-corrected chi connectivity index (χ2v) is 6.16. The van der Waals surface area contributed by atoms with E-state index in [1.807, 2.05) is 20.8 Å². The minimum Gasteiger partial charge on any atom is -0.363 e. The molecule has 0 aromatic carbocycles. The normalized spacial score (nSPS) is 14.2. The highest BCUT2D eigenvalue weighted by atomic mass is 32.2. The molecule has 1 atom stereocenters. The summed E-state index contributed by atoms with van der Waals surface area (Å²) in [5, 5.41) is 0. The Hall–Kier alpha value is -0.850. The zero-order chi connectivity index (χ0) is 13.1. The molecule has 17 heavy (non-hydrogen) atoms. The fourth-order valence-electron chi connectivity index (χ4n) is 1.65. The molecule has 0 radical (unpaired) electrons. The van der Waals surface area contributed by atoms with Gasteiger partial charge in [0.1, 0.15) is 0 Å². The van der Waals surface area contributed by atoms with Gasteiger partial charge in [-0.3, -0.25) is 0 Å². The standard InChI is InChI=1S/C11H21N3O2S/c1-4-11(8(2)3)14-17(15,16)10-5-9(6-12)13-7-10/h5,7-8,11,13-14H,4,6,12H2,1-3H3. The van der Waals surface area contributed by atoms with E-state index in [0.717, 1.165) is 6.42 Å². The Bertz CT molecular complexity index is 451. The summed E-state index contributed by atoms with van der Waals surface area (Å²) in [5.41, 5.74) is 6.15. The highest BCUT2D eigenvalue weighted by Crippen LogP contribution is 2.14. The van der Waals surface area contributed by atoms with Crippen LogP contribution in [0.1, 0.15) is 32.9 Å². The summed E-state index contributed by atoms with van der Waals surface area (Å²) in [4.78, 5) is 3.09. The van der Waals surface area contributed by atoms with Crippen LogP contribution in [0.5, 0.6) is 0 Å². The molecule has 0 bridgehead atoms. The highest BCUT2D eigenvalue weighted by Gasteiger charge is 2.21. The molecule has 1 aromatic rings. The molecule has 0 aliphatic carbocycles. The molecular formula is C11H21N3O2S. The average Bonchev–Trinajstić information content (AvgIpc) is 2.74. The third kappa shape index (κ3) is 3.55. The second kappa shape index (κ2) is 5.66. The molecule has 6 heteroatoms. The van der Waals surface area contributed by atoms with Crippen LogP contribution in [0.15, 0.2) is 17.2 Å². The lowest BCUT2D eigenvalue weighted by atomic mass is 10.0.